The first-order chi connectivity index (χ1) is 35.1. The molecule has 18 heteroatoms. The zero-order valence-corrected chi connectivity index (χ0v) is 40.5. The highest BCUT2D eigenvalue weighted by molar-refractivity contribution is 6.07. The van der Waals surface area contributed by atoms with Crippen molar-refractivity contribution in [2.75, 3.05) is 6.54 Å². The van der Waals surface area contributed by atoms with E-state index in [0.717, 1.165) is 4.90 Å². The summed E-state index contributed by atoms with van der Waals surface area (Å²) in [6.45, 7) is 0.0486. The van der Waals surface area contributed by atoms with Gasteiger partial charge >= 0.3 is 30.1 Å². The summed E-state index contributed by atoms with van der Waals surface area (Å²) < 4.78 is 17.2. The van der Waals surface area contributed by atoms with Crippen molar-refractivity contribution < 1.29 is 62.8 Å². The molecule has 0 saturated heterocycles. The molecule has 0 aliphatic carbocycles. The van der Waals surface area contributed by atoms with E-state index in [9.17, 15) is 34.2 Å². The third-order valence-electron chi connectivity index (χ3n) is 11.8. The van der Waals surface area contributed by atoms with Crippen LogP contribution in [0.4, 0.5) is 9.59 Å². The number of hydrogen-bond acceptors (Lipinski definition) is 13. The number of unbranched alkanes of at least 4 members (excludes halogenated alkanes) is 1. The van der Waals surface area contributed by atoms with Gasteiger partial charge in [0.15, 0.2) is 0 Å². The standard InChI is InChI=1S/C55H61N5O13/c1-55(34-39-19-7-2-8-20-39,52(68)71-36-41-23-11-4-12-24-41)58(35-40-21-9-3-10-22-40)50(66)46(33-48(63)64)59(49(65)44(57)30-31-47(61)62)51(67)45(29-17-18-32-56)60(53(69)72-37-42-25-13-5-14-26-42)54(70)73-38-43-27-15-6-16-28-43/h2-16,19-28,44-46H,17-18,29-38,56-57H2,1H3,(H,61,62)(H,63,64)/t44-,45-,46-,55+/m0/s1. The monoisotopic (exact) mass is 999 g/mol. The van der Waals surface area contributed by atoms with Gasteiger partial charge in [-0.1, -0.05) is 152 Å². The first kappa shape index (κ1) is 55.7. The molecular formula is C55H61N5O13. The summed E-state index contributed by atoms with van der Waals surface area (Å²) in [5.74, 6) is -8.13. The second kappa shape index (κ2) is 28.0. The second-order valence-electron chi connectivity index (χ2n) is 17.4. The van der Waals surface area contributed by atoms with Crippen LogP contribution in [0.15, 0.2) is 152 Å². The number of amides is 5. The van der Waals surface area contributed by atoms with E-state index in [-0.39, 0.29) is 37.3 Å². The quantitative estimate of drug-likeness (QED) is 0.0257. The summed E-state index contributed by atoms with van der Waals surface area (Å²) in [4.78, 5) is 117. The van der Waals surface area contributed by atoms with Crippen LogP contribution in [0.3, 0.4) is 0 Å². The van der Waals surface area contributed by atoms with Gasteiger partial charge in [-0.2, -0.15) is 4.90 Å². The van der Waals surface area contributed by atoms with Gasteiger partial charge in [0.2, 0.25) is 11.8 Å². The molecule has 0 bridgehead atoms. The van der Waals surface area contributed by atoms with Gasteiger partial charge in [-0.15, -0.1) is 0 Å². The zero-order chi connectivity index (χ0) is 52.8. The number of imide groups is 2. The molecule has 0 fully saturated rings. The van der Waals surface area contributed by atoms with Crippen molar-refractivity contribution >= 4 is 47.8 Å². The predicted molar refractivity (Wildman–Crippen MR) is 266 cm³/mol. The average molecular weight is 1000 g/mol. The predicted octanol–water partition coefficient (Wildman–Crippen LogP) is 6.62. The smallest absolute Gasteiger partial charge is 0.420 e. The fourth-order valence-electron chi connectivity index (χ4n) is 7.95. The number of nitrogens with two attached hydrogens (primary N) is 2. The van der Waals surface area contributed by atoms with E-state index in [1.165, 1.54) is 6.92 Å². The lowest BCUT2D eigenvalue weighted by Crippen LogP contribution is -2.66. The molecule has 4 atom stereocenters. The Labute approximate surface area is 423 Å². The summed E-state index contributed by atoms with van der Waals surface area (Å²) in [6.07, 6.45) is -5.81. The van der Waals surface area contributed by atoms with Crippen LogP contribution in [0.5, 0.6) is 0 Å². The summed E-state index contributed by atoms with van der Waals surface area (Å²) in [6, 6.07) is 36.1. The van der Waals surface area contributed by atoms with E-state index >= 15 is 14.4 Å². The van der Waals surface area contributed by atoms with Gasteiger partial charge < -0.3 is 40.8 Å². The summed E-state index contributed by atoms with van der Waals surface area (Å²) in [5.41, 5.74) is 12.8. The third kappa shape index (κ3) is 16.4. The number of rotatable bonds is 26. The number of ether oxygens (including phenoxy) is 3. The van der Waals surface area contributed by atoms with Crippen LogP contribution in [0, 0.1) is 0 Å². The van der Waals surface area contributed by atoms with Gasteiger partial charge in [0.1, 0.15) is 37.4 Å². The second-order valence-corrected chi connectivity index (χ2v) is 17.4. The van der Waals surface area contributed by atoms with Crippen LogP contribution < -0.4 is 11.5 Å². The van der Waals surface area contributed by atoms with Gasteiger partial charge in [-0.25, -0.2) is 14.4 Å². The fraction of sp³-hybridized carbons (Fsp3) is 0.309. The van der Waals surface area contributed by atoms with E-state index < -0.39 is 117 Å². The minimum absolute atomic E-state index is 0.0223. The van der Waals surface area contributed by atoms with Gasteiger partial charge in [-0.05, 0) is 67.0 Å². The molecule has 0 unspecified atom stereocenters. The van der Waals surface area contributed by atoms with Gasteiger partial charge in [0.25, 0.3) is 5.91 Å². The Morgan fingerprint density at radius 2 is 0.959 bits per heavy atom. The lowest BCUT2D eigenvalue weighted by atomic mass is 9.88. The Morgan fingerprint density at radius 3 is 1.40 bits per heavy atom. The number of aliphatic carboxylic acids is 2. The Morgan fingerprint density at radius 1 is 0.521 bits per heavy atom. The topological polar surface area (TPSA) is 266 Å². The van der Waals surface area contributed by atoms with Crippen LogP contribution in [-0.4, -0.2) is 103 Å². The minimum atomic E-state index is -2.37. The maximum Gasteiger partial charge on any atom is 0.420 e. The maximum absolute atomic E-state index is 15.9. The molecule has 0 spiro atoms. The largest absolute Gasteiger partial charge is 0.481 e. The highest BCUT2D eigenvalue weighted by Crippen LogP contribution is 2.30. The molecule has 0 radical (unpaired) electrons. The molecule has 0 aliphatic heterocycles. The number of carboxylic acids is 2. The van der Waals surface area contributed by atoms with Gasteiger partial charge in [0.05, 0.1) is 12.5 Å². The van der Waals surface area contributed by atoms with Crippen molar-refractivity contribution in [3.8, 4) is 0 Å². The Kier molecular flexibility index (Phi) is 21.4. The molecule has 384 valence electrons. The molecule has 0 heterocycles. The van der Waals surface area contributed by atoms with E-state index in [1.54, 1.807) is 152 Å². The lowest BCUT2D eigenvalue weighted by Gasteiger charge is -2.43. The first-order valence-electron chi connectivity index (χ1n) is 23.7. The molecule has 0 saturated carbocycles. The van der Waals surface area contributed by atoms with Crippen molar-refractivity contribution in [1.82, 2.24) is 14.7 Å². The van der Waals surface area contributed by atoms with Crippen molar-refractivity contribution in [3.63, 3.8) is 0 Å². The number of carboxylic acid groups (broad SMARTS) is 2. The van der Waals surface area contributed by atoms with Crippen LogP contribution in [0.1, 0.15) is 73.3 Å². The number of hydrogen-bond donors (Lipinski definition) is 4. The molecule has 5 aromatic rings. The van der Waals surface area contributed by atoms with Gasteiger partial charge in [-0.3, -0.25) is 28.9 Å². The van der Waals surface area contributed by atoms with Crippen molar-refractivity contribution in [2.45, 2.75) is 102 Å². The van der Waals surface area contributed by atoms with Crippen LogP contribution in [-0.2, 0) is 75.8 Å². The highest BCUT2D eigenvalue weighted by Gasteiger charge is 2.51. The van der Waals surface area contributed by atoms with Crippen molar-refractivity contribution in [1.29, 1.82) is 0 Å². The fourth-order valence-corrected chi connectivity index (χ4v) is 7.95. The molecule has 0 aromatic heterocycles. The highest BCUT2D eigenvalue weighted by atomic mass is 16.6. The van der Waals surface area contributed by atoms with E-state index in [2.05, 4.69) is 0 Å². The molecule has 5 rings (SSSR count). The Balaban J connectivity index is 1.72. The molecule has 0 aliphatic rings. The Hall–Kier alpha value is -8.22. The van der Waals surface area contributed by atoms with Crippen molar-refractivity contribution in [2.24, 2.45) is 11.5 Å². The first-order valence-corrected chi connectivity index (χ1v) is 23.7. The SMILES string of the molecule is C[C@@](Cc1ccccc1)(C(=O)OCc1ccccc1)N(Cc1ccccc1)C(=O)[C@H](CC(=O)O)N(C(=O)[C@@H](N)CCC(=O)O)C(=O)[C@H](CCCCN)N(C(=O)OCc1ccccc1)C(=O)OCc1ccccc1. The van der Waals surface area contributed by atoms with Gasteiger partial charge in [0, 0.05) is 19.4 Å². The number of nitrogens with zero attached hydrogens (tertiary/aromatic N) is 3. The minimum Gasteiger partial charge on any atom is -0.481 e. The molecular weight excluding hydrogens is 939 g/mol. The normalized spacial score (nSPS) is 12.9. The molecule has 18 nitrogen and oxygen atoms in total. The van der Waals surface area contributed by atoms with Crippen LogP contribution >= 0.6 is 0 Å². The van der Waals surface area contributed by atoms with E-state index in [0.29, 0.717) is 32.7 Å². The average Bonchev–Trinajstić information content (AvgIpc) is 3.40. The van der Waals surface area contributed by atoms with E-state index in [1.807, 2.05) is 0 Å². The number of esters is 1. The molecule has 5 amide bonds. The molecule has 73 heavy (non-hydrogen) atoms. The third-order valence-corrected chi connectivity index (χ3v) is 11.8. The number of benzene rings is 5. The summed E-state index contributed by atoms with van der Waals surface area (Å²) in [5, 5.41) is 20.3. The van der Waals surface area contributed by atoms with Crippen LogP contribution in [0.25, 0.3) is 0 Å². The Bertz CT molecular complexity index is 2550. The van der Waals surface area contributed by atoms with E-state index in [4.69, 9.17) is 25.7 Å². The molecule has 6 N–H and O–H groups in total. The lowest BCUT2D eigenvalue weighted by molar-refractivity contribution is -0.170. The van der Waals surface area contributed by atoms with Crippen molar-refractivity contribution in [3.05, 3.63) is 179 Å². The number of carbonyl (C=O) groups excluding carboxylic acids is 6. The molecule has 5 aromatic carbocycles. The number of carbonyl (C=O) groups is 8. The summed E-state index contributed by atoms with van der Waals surface area (Å²) in [7, 11) is 0. The maximum atomic E-state index is 15.9. The van der Waals surface area contributed by atoms with Crippen LogP contribution in [0.2, 0.25) is 0 Å². The zero-order valence-electron chi connectivity index (χ0n) is 40.5. The summed E-state index contributed by atoms with van der Waals surface area (Å²) >= 11 is 0.